The van der Waals surface area contributed by atoms with E-state index in [9.17, 15) is 9.18 Å². The number of unbranched alkanes of at least 4 members (excludes halogenated alkanes) is 2. The summed E-state index contributed by atoms with van der Waals surface area (Å²) in [6.45, 7) is 4.05. The van der Waals surface area contributed by atoms with Crippen LogP contribution in [0.3, 0.4) is 0 Å². The normalized spacial score (nSPS) is 11.0. The number of aryl methyl sites for hydroxylation is 2. The van der Waals surface area contributed by atoms with E-state index < -0.39 is 0 Å². The number of ether oxygens (including phenoxy) is 1. The number of carbonyl (C=O) groups excluding carboxylic acids is 1. The highest BCUT2D eigenvalue weighted by atomic mass is 19.1. The van der Waals surface area contributed by atoms with E-state index >= 15 is 0 Å². The average Bonchev–Trinajstić information content (AvgIpc) is 3.24. The van der Waals surface area contributed by atoms with Gasteiger partial charge in [0.15, 0.2) is 0 Å². The fraction of sp³-hybridized carbons (Fsp3) is 0.310. The van der Waals surface area contributed by atoms with Gasteiger partial charge in [0.2, 0.25) is 0 Å². The molecule has 1 heterocycles. The highest BCUT2D eigenvalue weighted by Gasteiger charge is 2.11. The number of hydrogen-bond acceptors (Lipinski definition) is 3. The summed E-state index contributed by atoms with van der Waals surface area (Å²) in [6, 6.07) is 22.1. The summed E-state index contributed by atoms with van der Waals surface area (Å²) in [4.78, 5) is 17.0. The molecule has 0 aliphatic carbocycles. The van der Waals surface area contributed by atoms with Crippen molar-refractivity contribution < 1.29 is 13.9 Å². The molecule has 0 radical (unpaired) electrons. The molecule has 0 saturated carbocycles. The molecule has 5 nitrogen and oxygen atoms in total. The maximum absolute atomic E-state index is 13.0. The van der Waals surface area contributed by atoms with Crippen LogP contribution in [0.4, 0.5) is 4.39 Å². The van der Waals surface area contributed by atoms with Crippen molar-refractivity contribution in [3.8, 4) is 5.75 Å². The van der Waals surface area contributed by atoms with Gasteiger partial charge in [0.05, 0.1) is 17.6 Å². The van der Waals surface area contributed by atoms with Crippen LogP contribution in [0.15, 0.2) is 72.8 Å². The fourth-order valence-corrected chi connectivity index (χ4v) is 4.13. The van der Waals surface area contributed by atoms with Gasteiger partial charge in [0, 0.05) is 18.5 Å². The smallest absolute Gasteiger partial charge is 0.251 e. The van der Waals surface area contributed by atoms with Crippen molar-refractivity contribution in [3.63, 3.8) is 0 Å². The second kappa shape index (κ2) is 12.2. The zero-order chi connectivity index (χ0) is 24.5. The largest absolute Gasteiger partial charge is 0.492 e. The summed E-state index contributed by atoms with van der Waals surface area (Å²) in [5, 5.41) is 2.90. The lowest BCUT2D eigenvalue weighted by atomic mass is 10.1. The molecule has 1 amide bonds. The molecule has 4 aromatic rings. The van der Waals surface area contributed by atoms with Gasteiger partial charge in [-0.2, -0.15) is 0 Å². The van der Waals surface area contributed by atoms with Gasteiger partial charge in [-0.05, 0) is 73.4 Å². The molecule has 3 aromatic carbocycles. The molecule has 6 heteroatoms. The predicted molar refractivity (Wildman–Crippen MR) is 137 cm³/mol. The van der Waals surface area contributed by atoms with Crippen molar-refractivity contribution in [1.29, 1.82) is 0 Å². The number of halogens is 1. The lowest BCUT2D eigenvalue weighted by Gasteiger charge is -2.11. The van der Waals surface area contributed by atoms with E-state index in [2.05, 4.69) is 35.0 Å². The van der Waals surface area contributed by atoms with Crippen LogP contribution < -0.4 is 10.1 Å². The molecule has 1 N–H and O–H groups in total. The SMILES string of the molecule is CCc1ccc(OCCn2c(CCCCCNC(=O)c3ccc(F)cc3)nc3ccccc32)cc1. The number of hydrogen-bond donors (Lipinski definition) is 1. The number of fused-ring (bicyclic) bond motifs is 1. The molecule has 0 unspecified atom stereocenters. The van der Waals surface area contributed by atoms with E-state index in [-0.39, 0.29) is 11.7 Å². The van der Waals surface area contributed by atoms with Crippen LogP contribution in [0.5, 0.6) is 5.75 Å². The number of nitrogens with zero attached hydrogens (tertiary/aromatic N) is 2. The van der Waals surface area contributed by atoms with E-state index in [4.69, 9.17) is 9.72 Å². The molecule has 0 spiro atoms. The van der Waals surface area contributed by atoms with Gasteiger partial charge in [-0.3, -0.25) is 4.79 Å². The van der Waals surface area contributed by atoms with Gasteiger partial charge in [-0.25, -0.2) is 9.37 Å². The minimum Gasteiger partial charge on any atom is -0.492 e. The molecule has 4 rings (SSSR count). The Bertz CT molecular complexity index is 1230. The van der Waals surface area contributed by atoms with Gasteiger partial charge in [0.1, 0.15) is 24.0 Å². The van der Waals surface area contributed by atoms with E-state index in [1.165, 1.54) is 29.8 Å². The van der Waals surface area contributed by atoms with Crippen LogP contribution in [0, 0.1) is 5.82 Å². The number of amides is 1. The van der Waals surface area contributed by atoms with Crippen LogP contribution in [-0.4, -0.2) is 28.6 Å². The first kappa shape index (κ1) is 24.5. The standard InChI is InChI=1S/C29H32FN3O2/c1-2-22-11-17-25(18-12-22)35-21-20-33-27-9-6-5-8-26(27)32-28(33)10-4-3-7-19-31-29(34)23-13-15-24(30)16-14-23/h5-6,8-9,11-18H,2-4,7,10,19-21H2,1H3,(H,31,34). The molecule has 0 bridgehead atoms. The summed E-state index contributed by atoms with van der Waals surface area (Å²) in [5.74, 6) is 1.43. The number of para-hydroxylation sites is 2. The molecule has 1 aromatic heterocycles. The minimum absolute atomic E-state index is 0.170. The molecule has 0 saturated heterocycles. The summed E-state index contributed by atoms with van der Waals surface area (Å²) < 4.78 is 21.3. The van der Waals surface area contributed by atoms with Gasteiger partial charge >= 0.3 is 0 Å². The van der Waals surface area contributed by atoms with E-state index in [0.717, 1.165) is 61.3 Å². The van der Waals surface area contributed by atoms with Crippen LogP contribution >= 0.6 is 0 Å². The first-order valence-electron chi connectivity index (χ1n) is 12.3. The van der Waals surface area contributed by atoms with E-state index in [0.29, 0.717) is 18.7 Å². The van der Waals surface area contributed by atoms with E-state index in [1.54, 1.807) is 0 Å². The second-order valence-electron chi connectivity index (χ2n) is 8.59. The maximum atomic E-state index is 13.0. The quantitative estimate of drug-likeness (QED) is 0.258. The Kier molecular flexibility index (Phi) is 8.49. The Hall–Kier alpha value is -3.67. The molecular formula is C29H32FN3O2. The summed E-state index contributed by atoms with van der Waals surface area (Å²) in [6.07, 6.45) is 4.73. The third-order valence-corrected chi connectivity index (χ3v) is 6.12. The summed E-state index contributed by atoms with van der Waals surface area (Å²) in [5.41, 5.74) is 3.90. The zero-order valence-corrected chi connectivity index (χ0v) is 20.2. The van der Waals surface area contributed by atoms with Gasteiger partial charge < -0.3 is 14.6 Å². The number of aromatic nitrogens is 2. The summed E-state index contributed by atoms with van der Waals surface area (Å²) in [7, 11) is 0. The first-order chi connectivity index (χ1) is 17.1. The third-order valence-electron chi connectivity index (χ3n) is 6.12. The highest BCUT2D eigenvalue weighted by molar-refractivity contribution is 5.94. The highest BCUT2D eigenvalue weighted by Crippen LogP contribution is 2.19. The van der Waals surface area contributed by atoms with Crippen molar-refractivity contribution in [2.24, 2.45) is 0 Å². The minimum atomic E-state index is -0.343. The maximum Gasteiger partial charge on any atom is 0.251 e. The lowest BCUT2D eigenvalue weighted by molar-refractivity contribution is 0.0953. The van der Waals surface area contributed by atoms with Gasteiger partial charge in [0.25, 0.3) is 5.91 Å². The molecule has 182 valence electrons. The number of rotatable bonds is 12. The Morgan fingerprint density at radius 3 is 2.51 bits per heavy atom. The van der Waals surface area contributed by atoms with Crippen LogP contribution in [0.25, 0.3) is 11.0 Å². The number of benzene rings is 3. The Labute approximate surface area is 206 Å². The van der Waals surface area contributed by atoms with Crippen LogP contribution in [-0.2, 0) is 19.4 Å². The third kappa shape index (κ3) is 6.69. The Balaban J connectivity index is 1.26. The van der Waals surface area contributed by atoms with Crippen LogP contribution in [0.2, 0.25) is 0 Å². The summed E-state index contributed by atoms with van der Waals surface area (Å²) >= 11 is 0. The molecule has 0 fully saturated rings. The van der Waals surface area contributed by atoms with Crippen molar-refractivity contribution in [1.82, 2.24) is 14.9 Å². The first-order valence-corrected chi connectivity index (χ1v) is 12.3. The molecule has 0 atom stereocenters. The topological polar surface area (TPSA) is 56.1 Å². The van der Waals surface area contributed by atoms with Gasteiger partial charge in [-0.15, -0.1) is 0 Å². The van der Waals surface area contributed by atoms with Crippen LogP contribution in [0.1, 0.15) is 47.9 Å². The monoisotopic (exact) mass is 473 g/mol. The molecule has 0 aliphatic rings. The predicted octanol–water partition coefficient (Wildman–Crippen LogP) is 5.96. The lowest BCUT2D eigenvalue weighted by Crippen LogP contribution is -2.24. The van der Waals surface area contributed by atoms with E-state index in [1.807, 2.05) is 30.3 Å². The molecular weight excluding hydrogens is 441 g/mol. The Morgan fingerprint density at radius 2 is 1.74 bits per heavy atom. The zero-order valence-electron chi connectivity index (χ0n) is 20.2. The average molecular weight is 474 g/mol. The van der Waals surface area contributed by atoms with Crippen molar-refractivity contribution in [2.45, 2.75) is 45.6 Å². The van der Waals surface area contributed by atoms with Crippen molar-refractivity contribution in [3.05, 3.63) is 95.6 Å². The van der Waals surface area contributed by atoms with Gasteiger partial charge in [-0.1, -0.05) is 37.6 Å². The fourth-order valence-electron chi connectivity index (χ4n) is 4.13. The van der Waals surface area contributed by atoms with Crippen molar-refractivity contribution in [2.75, 3.05) is 13.2 Å². The number of imidazole rings is 1. The van der Waals surface area contributed by atoms with Crippen molar-refractivity contribution >= 4 is 16.9 Å². The molecule has 0 aliphatic heterocycles. The number of carbonyl (C=O) groups is 1. The Morgan fingerprint density at radius 1 is 0.971 bits per heavy atom. The molecule has 35 heavy (non-hydrogen) atoms. The number of nitrogens with one attached hydrogen (secondary N) is 1. The second-order valence-corrected chi connectivity index (χ2v) is 8.59.